The summed E-state index contributed by atoms with van der Waals surface area (Å²) in [4.78, 5) is 27.8. The zero-order valence-electron chi connectivity index (χ0n) is 28.6. The number of hydrogen-bond donors (Lipinski definition) is 1. The number of carbonyl (C=O) groups is 2. The molecule has 0 spiro atoms. The summed E-state index contributed by atoms with van der Waals surface area (Å²) < 4.78 is 63.0. The van der Waals surface area contributed by atoms with Crippen LogP contribution in [-0.4, -0.2) is 62.0 Å². The first-order valence-electron chi connectivity index (χ1n) is 15.8. The molecule has 0 fully saturated rings. The van der Waals surface area contributed by atoms with Gasteiger partial charge in [-0.25, -0.2) is 16.8 Å². The normalized spacial score (nSPS) is 15.4. The number of aromatic hydroxyl groups is 1. The van der Waals surface area contributed by atoms with Crippen LogP contribution in [0.5, 0.6) is 5.75 Å². The lowest BCUT2D eigenvalue weighted by Crippen LogP contribution is -2.41. The van der Waals surface area contributed by atoms with Crippen LogP contribution in [0, 0.1) is 11.3 Å². The third-order valence-electron chi connectivity index (χ3n) is 8.61. The molecule has 0 aromatic heterocycles. The molecule has 9 nitrogen and oxygen atoms in total. The van der Waals surface area contributed by atoms with Crippen LogP contribution in [0.2, 0.25) is 0 Å². The van der Waals surface area contributed by atoms with Gasteiger partial charge in [-0.15, -0.1) is 0 Å². The predicted octanol–water partition coefficient (Wildman–Crippen LogP) is 6.35. The highest BCUT2D eigenvalue weighted by Crippen LogP contribution is 2.41. The fourth-order valence-electron chi connectivity index (χ4n) is 5.32. The van der Waals surface area contributed by atoms with Crippen LogP contribution in [0.4, 0.5) is 0 Å². The fourth-order valence-corrected chi connectivity index (χ4v) is 7.65. The van der Waals surface area contributed by atoms with Gasteiger partial charge in [-0.3, -0.25) is 9.59 Å². The molecule has 0 saturated carbocycles. The van der Waals surface area contributed by atoms with Gasteiger partial charge in [-0.05, 0) is 96.9 Å². The summed E-state index contributed by atoms with van der Waals surface area (Å²) in [5.41, 5.74) is -0.505. The SMILES string of the molecule is CCC(CC(C)(CC(C)c1ccc(O)cc1)C(=O)OC(C)(C)c1ccccc1)C(=O)OC(CS(=O)(=O)C(C)C)CS(=O)(=O)C(C)C. The number of rotatable bonds is 17. The van der Waals surface area contributed by atoms with Crippen LogP contribution in [0.1, 0.15) is 98.6 Å². The van der Waals surface area contributed by atoms with Gasteiger partial charge in [0.1, 0.15) is 17.5 Å². The van der Waals surface area contributed by atoms with Crippen LogP contribution >= 0.6 is 0 Å². The number of esters is 2. The van der Waals surface area contributed by atoms with Crippen molar-refractivity contribution in [2.45, 2.75) is 110 Å². The van der Waals surface area contributed by atoms with Gasteiger partial charge in [0.15, 0.2) is 19.7 Å². The maximum atomic E-state index is 14.1. The van der Waals surface area contributed by atoms with Crippen molar-refractivity contribution in [3.63, 3.8) is 0 Å². The molecule has 2 rings (SSSR count). The third kappa shape index (κ3) is 10.8. The van der Waals surface area contributed by atoms with Crippen molar-refractivity contribution in [1.29, 1.82) is 0 Å². The Morgan fingerprint density at radius 3 is 1.74 bits per heavy atom. The maximum Gasteiger partial charge on any atom is 0.312 e. The quantitative estimate of drug-likeness (QED) is 0.189. The van der Waals surface area contributed by atoms with Crippen molar-refractivity contribution < 1.29 is 41.0 Å². The number of phenols is 1. The Labute approximate surface area is 275 Å². The number of sulfone groups is 2. The average molecular weight is 681 g/mol. The molecule has 3 atom stereocenters. The summed E-state index contributed by atoms with van der Waals surface area (Å²) in [7, 11) is -7.50. The van der Waals surface area contributed by atoms with Crippen molar-refractivity contribution in [2.24, 2.45) is 11.3 Å². The van der Waals surface area contributed by atoms with Gasteiger partial charge in [-0.2, -0.15) is 0 Å². The van der Waals surface area contributed by atoms with E-state index in [2.05, 4.69) is 0 Å². The molecule has 0 amide bonds. The van der Waals surface area contributed by atoms with Gasteiger partial charge in [0.05, 0.1) is 33.3 Å². The van der Waals surface area contributed by atoms with E-state index >= 15 is 0 Å². The second-order valence-corrected chi connectivity index (χ2v) is 18.9. The zero-order valence-corrected chi connectivity index (χ0v) is 30.3. The largest absolute Gasteiger partial charge is 0.508 e. The molecular formula is C35H52O9S2. The van der Waals surface area contributed by atoms with E-state index in [4.69, 9.17) is 9.47 Å². The predicted molar refractivity (Wildman–Crippen MR) is 181 cm³/mol. The fraction of sp³-hybridized carbons (Fsp3) is 0.600. The molecule has 0 heterocycles. The van der Waals surface area contributed by atoms with E-state index < -0.39 is 76.7 Å². The Hall–Kier alpha value is -2.92. The minimum Gasteiger partial charge on any atom is -0.508 e. The Kier molecular flexibility index (Phi) is 13.5. The van der Waals surface area contributed by atoms with Crippen LogP contribution in [-0.2, 0) is 44.3 Å². The summed E-state index contributed by atoms with van der Waals surface area (Å²) in [6, 6.07) is 16.0. The average Bonchev–Trinajstić information content (AvgIpc) is 2.95. The van der Waals surface area contributed by atoms with Crippen molar-refractivity contribution in [3.05, 3.63) is 65.7 Å². The Morgan fingerprint density at radius 1 is 0.783 bits per heavy atom. The maximum absolute atomic E-state index is 14.1. The van der Waals surface area contributed by atoms with E-state index in [-0.39, 0.29) is 30.9 Å². The number of ether oxygens (including phenoxy) is 2. The van der Waals surface area contributed by atoms with Crippen LogP contribution in [0.25, 0.3) is 0 Å². The molecular weight excluding hydrogens is 629 g/mol. The number of benzene rings is 2. The van der Waals surface area contributed by atoms with Crippen molar-refractivity contribution in [1.82, 2.24) is 0 Å². The minimum absolute atomic E-state index is 0.0229. The molecule has 0 aliphatic carbocycles. The number of carbonyl (C=O) groups excluding carboxylic acids is 2. The zero-order chi connectivity index (χ0) is 35.1. The van der Waals surface area contributed by atoms with Crippen LogP contribution < -0.4 is 0 Å². The lowest BCUT2D eigenvalue weighted by atomic mass is 9.72. The highest BCUT2D eigenvalue weighted by atomic mass is 32.2. The summed E-state index contributed by atoms with van der Waals surface area (Å²) in [5.74, 6) is -3.43. The monoisotopic (exact) mass is 680 g/mol. The Bertz CT molecular complexity index is 1470. The molecule has 2 aromatic carbocycles. The number of phenolic OH excluding ortho intramolecular Hbond substituents is 1. The summed E-state index contributed by atoms with van der Waals surface area (Å²) >= 11 is 0. The molecule has 11 heteroatoms. The molecule has 1 N–H and O–H groups in total. The number of hydrogen-bond acceptors (Lipinski definition) is 9. The smallest absolute Gasteiger partial charge is 0.312 e. The van der Waals surface area contributed by atoms with Gasteiger partial charge in [0.25, 0.3) is 0 Å². The molecule has 0 saturated heterocycles. The first-order chi connectivity index (χ1) is 21.1. The van der Waals surface area contributed by atoms with E-state index in [9.17, 15) is 31.5 Å². The van der Waals surface area contributed by atoms with Gasteiger partial charge >= 0.3 is 11.9 Å². The first kappa shape index (κ1) is 39.3. The van der Waals surface area contributed by atoms with E-state index in [0.29, 0.717) is 0 Å². The topological polar surface area (TPSA) is 141 Å². The molecule has 258 valence electrons. The molecule has 3 unspecified atom stereocenters. The lowest BCUT2D eigenvalue weighted by molar-refractivity contribution is -0.172. The van der Waals surface area contributed by atoms with E-state index in [0.717, 1.165) is 11.1 Å². The summed E-state index contributed by atoms with van der Waals surface area (Å²) in [6.07, 6.45) is -0.821. The molecule has 0 radical (unpaired) electrons. The molecule has 0 aliphatic rings. The lowest BCUT2D eigenvalue weighted by Gasteiger charge is -2.36. The molecule has 0 bridgehead atoms. The van der Waals surface area contributed by atoms with Crippen molar-refractivity contribution >= 4 is 31.6 Å². The molecule has 46 heavy (non-hydrogen) atoms. The highest BCUT2D eigenvalue weighted by Gasteiger charge is 2.44. The van der Waals surface area contributed by atoms with Gasteiger partial charge in [0.2, 0.25) is 0 Å². The van der Waals surface area contributed by atoms with Gasteiger partial charge < -0.3 is 14.6 Å². The van der Waals surface area contributed by atoms with Gasteiger partial charge in [-0.1, -0.05) is 56.3 Å². The second kappa shape index (κ2) is 15.8. The third-order valence-corrected chi connectivity index (χ3v) is 13.2. The Morgan fingerprint density at radius 2 is 1.28 bits per heavy atom. The van der Waals surface area contributed by atoms with Crippen LogP contribution in [0.15, 0.2) is 54.6 Å². The first-order valence-corrected chi connectivity index (χ1v) is 19.3. The highest BCUT2D eigenvalue weighted by molar-refractivity contribution is 7.93. The molecule has 2 aromatic rings. The second-order valence-electron chi connectivity index (χ2n) is 13.6. The van der Waals surface area contributed by atoms with E-state index in [1.165, 1.54) is 27.7 Å². The van der Waals surface area contributed by atoms with Crippen molar-refractivity contribution in [3.8, 4) is 5.75 Å². The minimum atomic E-state index is -3.75. The van der Waals surface area contributed by atoms with Gasteiger partial charge in [0, 0.05) is 0 Å². The molecule has 0 aliphatic heterocycles. The van der Waals surface area contributed by atoms with E-state index in [1.807, 2.05) is 37.3 Å². The standard InChI is InChI=1S/C35H52O9S2/c1-10-27(32(37)43-31(22-45(39,40)24(2)3)23-46(41,42)25(4)5)21-35(9,20-26(6)28-16-18-30(36)19-17-28)33(38)44-34(7,8)29-14-12-11-13-15-29/h11-19,24-27,31,36H,10,20-23H2,1-9H3. The summed E-state index contributed by atoms with van der Waals surface area (Å²) in [6.45, 7) is 15.0. The Balaban J connectivity index is 2.46. The van der Waals surface area contributed by atoms with Crippen LogP contribution in [0.3, 0.4) is 0 Å². The summed E-state index contributed by atoms with van der Waals surface area (Å²) in [5, 5.41) is 8.21. The van der Waals surface area contributed by atoms with E-state index in [1.54, 1.807) is 52.0 Å². The van der Waals surface area contributed by atoms with Crippen molar-refractivity contribution in [2.75, 3.05) is 11.5 Å².